The molecule has 24 heavy (non-hydrogen) atoms. The van der Waals surface area contributed by atoms with Gasteiger partial charge < -0.3 is 9.80 Å². The van der Waals surface area contributed by atoms with Crippen molar-refractivity contribution in [2.45, 2.75) is 90.3 Å². The number of likely N-dealkylation sites (tertiary alicyclic amines) is 1. The van der Waals surface area contributed by atoms with Crippen molar-refractivity contribution in [2.24, 2.45) is 5.41 Å². The van der Waals surface area contributed by atoms with Crippen molar-refractivity contribution >= 4 is 17.6 Å². The van der Waals surface area contributed by atoms with Gasteiger partial charge in [0.05, 0.1) is 6.04 Å². The molecule has 3 aliphatic rings. The van der Waals surface area contributed by atoms with Crippen molar-refractivity contribution in [3.8, 4) is 0 Å². The lowest BCUT2D eigenvalue weighted by molar-refractivity contribution is -0.166. The second-order valence-electron chi connectivity index (χ2n) is 8.31. The van der Waals surface area contributed by atoms with E-state index in [-0.39, 0.29) is 17.7 Å². The number of piperidine rings is 1. The number of ketones is 1. The first kappa shape index (κ1) is 17.4. The van der Waals surface area contributed by atoms with Crippen LogP contribution in [0.1, 0.15) is 72.1 Å². The molecule has 0 aromatic carbocycles. The van der Waals surface area contributed by atoms with Crippen LogP contribution < -0.4 is 0 Å². The van der Waals surface area contributed by atoms with E-state index in [9.17, 15) is 14.4 Å². The minimum atomic E-state index is -0.656. The number of rotatable bonds is 4. The zero-order valence-electron chi connectivity index (χ0n) is 15.2. The number of amides is 2. The molecule has 0 N–H and O–H groups in total. The number of nitrogens with zero attached hydrogens (tertiary/aromatic N) is 2. The first-order chi connectivity index (χ1) is 11.4. The van der Waals surface area contributed by atoms with E-state index in [4.69, 9.17) is 0 Å². The molecular formula is C19H30N2O3. The molecule has 5 heteroatoms. The fourth-order valence-electron chi connectivity index (χ4n) is 4.43. The second-order valence-corrected chi connectivity index (χ2v) is 8.31. The van der Waals surface area contributed by atoms with E-state index in [0.717, 1.165) is 25.7 Å². The molecule has 0 spiro atoms. The summed E-state index contributed by atoms with van der Waals surface area (Å²) < 4.78 is 0. The van der Waals surface area contributed by atoms with Crippen LogP contribution in [-0.4, -0.2) is 52.1 Å². The van der Waals surface area contributed by atoms with E-state index in [1.807, 2.05) is 25.7 Å². The number of carbonyl (C=O) groups excluding carboxylic acids is 3. The second kappa shape index (κ2) is 6.49. The van der Waals surface area contributed by atoms with E-state index < -0.39 is 17.4 Å². The van der Waals surface area contributed by atoms with Crippen molar-refractivity contribution < 1.29 is 14.4 Å². The monoisotopic (exact) mass is 334 g/mol. The van der Waals surface area contributed by atoms with Gasteiger partial charge in [-0.25, -0.2) is 0 Å². The smallest absolute Gasteiger partial charge is 0.291 e. The molecular weight excluding hydrogens is 304 g/mol. The van der Waals surface area contributed by atoms with Crippen molar-refractivity contribution in [2.75, 3.05) is 6.54 Å². The number of carbonyl (C=O) groups is 3. The maximum absolute atomic E-state index is 13.0. The van der Waals surface area contributed by atoms with Gasteiger partial charge in [0.15, 0.2) is 0 Å². The molecule has 0 aromatic heterocycles. The van der Waals surface area contributed by atoms with Crippen LogP contribution in [0.25, 0.3) is 0 Å². The lowest BCUT2D eigenvalue weighted by Gasteiger charge is -2.51. The third-order valence-electron chi connectivity index (χ3n) is 6.41. The topological polar surface area (TPSA) is 57.7 Å². The Morgan fingerprint density at radius 3 is 2.29 bits per heavy atom. The highest BCUT2D eigenvalue weighted by Gasteiger charge is 2.49. The molecule has 2 saturated heterocycles. The number of piperazine rings is 1. The average Bonchev–Trinajstić information content (AvgIpc) is 3.10. The zero-order valence-corrected chi connectivity index (χ0v) is 15.2. The predicted octanol–water partition coefficient (Wildman–Crippen LogP) is 2.53. The lowest BCUT2D eigenvalue weighted by atomic mass is 9.82. The van der Waals surface area contributed by atoms with Gasteiger partial charge in [-0.2, -0.15) is 0 Å². The zero-order chi connectivity index (χ0) is 17.5. The molecule has 2 aliphatic heterocycles. The van der Waals surface area contributed by atoms with Gasteiger partial charge in [0, 0.05) is 18.0 Å². The van der Waals surface area contributed by atoms with Crippen LogP contribution >= 0.6 is 0 Å². The lowest BCUT2D eigenvalue weighted by Crippen LogP contribution is -2.68. The summed E-state index contributed by atoms with van der Waals surface area (Å²) in [7, 11) is 0. The highest BCUT2D eigenvalue weighted by molar-refractivity contribution is 6.38. The molecule has 5 nitrogen and oxygen atoms in total. The fraction of sp³-hybridized carbons (Fsp3) is 0.842. The van der Waals surface area contributed by atoms with Gasteiger partial charge in [-0.3, -0.25) is 14.4 Å². The minimum absolute atomic E-state index is 0.0196. The average molecular weight is 334 g/mol. The van der Waals surface area contributed by atoms with Gasteiger partial charge in [0.1, 0.15) is 6.04 Å². The Morgan fingerprint density at radius 2 is 1.67 bits per heavy atom. The van der Waals surface area contributed by atoms with E-state index >= 15 is 0 Å². The summed E-state index contributed by atoms with van der Waals surface area (Å²) >= 11 is 0. The molecule has 2 bridgehead atoms. The highest BCUT2D eigenvalue weighted by Crippen LogP contribution is 2.35. The normalized spacial score (nSPS) is 28.4. The third-order valence-corrected chi connectivity index (χ3v) is 6.41. The van der Waals surface area contributed by atoms with Crippen molar-refractivity contribution in [3.63, 3.8) is 0 Å². The van der Waals surface area contributed by atoms with Crippen LogP contribution in [0, 0.1) is 5.41 Å². The van der Waals surface area contributed by atoms with E-state index in [1.165, 1.54) is 12.8 Å². The van der Waals surface area contributed by atoms with E-state index in [1.54, 1.807) is 4.90 Å². The van der Waals surface area contributed by atoms with Crippen LogP contribution in [0.3, 0.4) is 0 Å². The molecule has 2 amide bonds. The van der Waals surface area contributed by atoms with E-state index in [0.29, 0.717) is 25.4 Å². The van der Waals surface area contributed by atoms with Gasteiger partial charge in [0.2, 0.25) is 11.7 Å². The fourth-order valence-corrected chi connectivity index (χ4v) is 4.43. The number of hydrogen-bond donors (Lipinski definition) is 0. The van der Waals surface area contributed by atoms with Crippen molar-refractivity contribution in [1.29, 1.82) is 0 Å². The summed E-state index contributed by atoms with van der Waals surface area (Å²) in [4.78, 5) is 42.2. The molecule has 2 unspecified atom stereocenters. The summed E-state index contributed by atoms with van der Waals surface area (Å²) in [5.41, 5.74) is -0.656. The first-order valence-electron chi connectivity index (χ1n) is 9.54. The number of hydrogen-bond acceptors (Lipinski definition) is 3. The summed E-state index contributed by atoms with van der Waals surface area (Å²) in [5, 5.41) is 0. The maximum atomic E-state index is 13.0. The van der Waals surface area contributed by atoms with Crippen molar-refractivity contribution in [3.05, 3.63) is 0 Å². The molecule has 0 radical (unpaired) electrons. The molecule has 3 rings (SSSR count). The highest BCUT2D eigenvalue weighted by atomic mass is 16.2. The summed E-state index contributed by atoms with van der Waals surface area (Å²) in [6.07, 6.45) is 7.74. The summed E-state index contributed by atoms with van der Waals surface area (Å²) in [6.45, 7) is 6.18. The number of fused-ring (bicyclic) bond motifs is 2. The molecule has 2 atom stereocenters. The Morgan fingerprint density at radius 1 is 1.04 bits per heavy atom. The maximum Gasteiger partial charge on any atom is 0.291 e. The third kappa shape index (κ3) is 2.86. The van der Waals surface area contributed by atoms with Gasteiger partial charge >= 0.3 is 0 Å². The first-order valence-corrected chi connectivity index (χ1v) is 9.54. The molecule has 0 aromatic rings. The van der Waals surface area contributed by atoms with Crippen LogP contribution in [-0.2, 0) is 14.4 Å². The standard InChI is InChI=1S/C19H30N2O3/c1-4-19(2,3)16(22)18(24)21-14-10-7-11-15(21)17(23)20(12-14)13-8-5-6-9-13/h13-15H,4-12H2,1-3H3. The summed E-state index contributed by atoms with van der Waals surface area (Å²) in [6, 6.07) is -0.0472. The predicted molar refractivity (Wildman–Crippen MR) is 91.3 cm³/mol. The quantitative estimate of drug-likeness (QED) is 0.742. The SMILES string of the molecule is CCC(C)(C)C(=O)C(=O)N1C2CCCC1C(=O)N(C1CCCC1)C2. The molecule has 1 saturated carbocycles. The van der Waals surface area contributed by atoms with Crippen LogP contribution in [0.4, 0.5) is 0 Å². The van der Waals surface area contributed by atoms with Gasteiger partial charge in [-0.05, 0) is 38.5 Å². The molecule has 2 heterocycles. The molecule has 3 fully saturated rings. The number of Topliss-reactive ketones (excluding diaryl/α,β-unsaturated/α-hetero) is 1. The Balaban J connectivity index is 1.81. The van der Waals surface area contributed by atoms with Gasteiger partial charge in [-0.15, -0.1) is 0 Å². The largest absolute Gasteiger partial charge is 0.336 e. The van der Waals surface area contributed by atoms with Gasteiger partial charge in [-0.1, -0.05) is 33.6 Å². The van der Waals surface area contributed by atoms with Gasteiger partial charge in [0.25, 0.3) is 5.91 Å². The minimum Gasteiger partial charge on any atom is -0.336 e. The molecule has 134 valence electrons. The van der Waals surface area contributed by atoms with Crippen LogP contribution in [0.2, 0.25) is 0 Å². The molecule has 1 aliphatic carbocycles. The van der Waals surface area contributed by atoms with E-state index in [2.05, 4.69) is 0 Å². The Kier molecular flexibility index (Phi) is 4.71. The Labute approximate surface area is 144 Å². The van der Waals surface area contributed by atoms with Crippen LogP contribution in [0.15, 0.2) is 0 Å². The summed E-state index contributed by atoms with van der Waals surface area (Å²) in [5.74, 6) is -0.701. The van der Waals surface area contributed by atoms with Crippen LogP contribution in [0.5, 0.6) is 0 Å². The Hall–Kier alpha value is -1.39. The Bertz CT molecular complexity index is 537. The van der Waals surface area contributed by atoms with Crippen molar-refractivity contribution in [1.82, 2.24) is 9.80 Å².